The molecule has 4 rings (SSSR count). The number of piperidine rings is 1. The van der Waals surface area contributed by atoms with Crippen LogP contribution in [0.15, 0.2) is 39.7 Å². The predicted octanol–water partition coefficient (Wildman–Crippen LogP) is 4.40. The molecule has 1 fully saturated rings. The highest BCUT2D eigenvalue weighted by molar-refractivity contribution is 9.10. The van der Waals surface area contributed by atoms with Gasteiger partial charge in [0.1, 0.15) is 0 Å². The third-order valence-corrected chi connectivity index (χ3v) is 9.69. The molecule has 0 radical (unpaired) electrons. The molecule has 2 aliphatic heterocycles. The molecule has 7 nitrogen and oxygen atoms in total. The quantitative estimate of drug-likeness (QED) is 0.600. The number of amides is 2. The Kier molecular flexibility index (Phi) is 7.17. The number of carbonyl (C=O) groups is 2. The fourth-order valence-corrected chi connectivity index (χ4v) is 7.26. The molecular formula is C25H30BrN3O4S. The molecule has 182 valence electrons. The van der Waals surface area contributed by atoms with Crippen molar-refractivity contribution in [1.29, 1.82) is 0 Å². The fourth-order valence-electron chi connectivity index (χ4n) is 4.67. The lowest BCUT2D eigenvalue weighted by Gasteiger charge is -2.32. The summed E-state index contributed by atoms with van der Waals surface area (Å²) in [5.74, 6) is -0.623. The van der Waals surface area contributed by atoms with Crippen molar-refractivity contribution in [3.05, 3.63) is 51.5 Å². The van der Waals surface area contributed by atoms with Gasteiger partial charge in [0.05, 0.1) is 10.8 Å². The molecule has 0 saturated carbocycles. The van der Waals surface area contributed by atoms with E-state index in [9.17, 15) is 18.0 Å². The topological polar surface area (TPSA) is 86.8 Å². The number of nitrogens with one attached hydrogen (secondary N) is 1. The standard InChI is InChI=1S/C25H30BrN3O4S/c1-4-24(30)29-12-10-18-13-20(26)23(14-22(18)29)34(32,33)28-11-6-8-19(15-28)25(31)27-21-9-5-7-16(2)17(21)3/h5,7,9,13-14,19H,4,6,8,10-12,15H2,1-3H3,(H,27,31)/t19-/m0/s1. The average molecular weight is 549 g/mol. The van der Waals surface area contributed by atoms with E-state index < -0.39 is 15.9 Å². The van der Waals surface area contributed by atoms with Gasteiger partial charge >= 0.3 is 0 Å². The third kappa shape index (κ3) is 4.65. The Bertz CT molecular complexity index is 1240. The van der Waals surface area contributed by atoms with E-state index in [1.54, 1.807) is 24.0 Å². The number of fused-ring (bicyclic) bond motifs is 1. The lowest BCUT2D eigenvalue weighted by Crippen LogP contribution is -2.43. The molecule has 0 aromatic heterocycles. The van der Waals surface area contributed by atoms with Gasteiger partial charge in [-0.15, -0.1) is 0 Å². The van der Waals surface area contributed by atoms with E-state index in [1.807, 2.05) is 32.0 Å². The normalized spacial score (nSPS) is 18.6. The van der Waals surface area contributed by atoms with Crippen LogP contribution < -0.4 is 10.2 Å². The SMILES string of the molecule is CCC(=O)N1CCc2cc(Br)c(S(=O)(=O)N3CCC[C@H](C(=O)Nc4cccc(C)c4C)C3)cc21. The maximum Gasteiger partial charge on any atom is 0.244 e. The summed E-state index contributed by atoms with van der Waals surface area (Å²) >= 11 is 3.44. The van der Waals surface area contributed by atoms with Gasteiger partial charge in [-0.2, -0.15) is 4.31 Å². The van der Waals surface area contributed by atoms with Crippen LogP contribution >= 0.6 is 15.9 Å². The summed E-state index contributed by atoms with van der Waals surface area (Å²) in [5, 5.41) is 2.99. The van der Waals surface area contributed by atoms with E-state index in [1.165, 1.54) is 4.31 Å². The first-order valence-electron chi connectivity index (χ1n) is 11.6. The van der Waals surface area contributed by atoms with Gasteiger partial charge < -0.3 is 10.2 Å². The molecule has 1 saturated heterocycles. The van der Waals surface area contributed by atoms with Crippen molar-refractivity contribution in [2.24, 2.45) is 5.92 Å². The van der Waals surface area contributed by atoms with Crippen LogP contribution in [0.25, 0.3) is 0 Å². The molecular weight excluding hydrogens is 518 g/mol. The number of rotatable bonds is 5. The monoisotopic (exact) mass is 547 g/mol. The van der Waals surface area contributed by atoms with Gasteiger partial charge in [0.15, 0.2) is 0 Å². The van der Waals surface area contributed by atoms with Crippen LogP contribution in [0.5, 0.6) is 0 Å². The number of hydrogen-bond acceptors (Lipinski definition) is 4. The van der Waals surface area contributed by atoms with E-state index in [2.05, 4.69) is 21.2 Å². The minimum absolute atomic E-state index is 0.0226. The predicted molar refractivity (Wildman–Crippen MR) is 137 cm³/mol. The zero-order chi connectivity index (χ0) is 24.6. The summed E-state index contributed by atoms with van der Waals surface area (Å²) in [6.45, 7) is 6.79. The molecule has 2 heterocycles. The second-order valence-electron chi connectivity index (χ2n) is 9.00. The highest BCUT2D eigenvalue weighted by Gasteiger charge is 2.36. The lowest BCUT2D eigenvalue weighted by atomic mass is 9.98. The van der Waals surface area contributed by atoms with Crippen LogP contribution in [0.1, 0.15) is 42.9 Å². The van der Waals surface area contributed by atoms with Crippen LogP contribution in [0, 0.1) is 19.8 Å². The van der Waals surface area contributed by atoms with Gasteiger partial charge in [0.25, 0.3) is 0 Å². The number of nitrogens with zero attached hydrogens (tertiary/aromatic N) is 2. The lowest BCUT2D eigenvalue weighted by molar-refractivity contribution is -0.121. The Morgan fingerprint density at radius 2 is 1.94 bits per heavy atom. The minimum Gasteiger partial charge on any atom is -0.326 e. The van der Waals surface area contributed by atoms with E-state index in [0.29, 0.717) is 48.9 Å². The van der Waals surface area contributed by atoms with Crippen molar-refractivity contribution in [3.63, 3.8) is 0 Å². The largest absolute Gasteiger partial charge is 0.326 e. The van der Waals surface area contributed by atoms with Crippen LogP contribution in [0.3, 0.4) is 0 Å². The molecule has 2 aromatic carbocycles. The van der Waals surface area contributed by atoms with Gasteiger partial charge in [0.2, 0.25) is 21.8 Å². The Balaban J connectivity index is 1.57. The van der Waals surface area contributed by atoms with E-state index in [-0.39, 0.29) is 23.3 Å². The van der Waals surface area contributed by atoms with Crippen LogP contribution in [0.2, 0.25) is 0 Å². The highest BCUT2D eigenvalue weighted by atomic mass is 79.9. The summed E-state index contributed by atoms with van der Waals surface area (Å²) < 4.78 is 29.2. The number of hydrogen-bond donors (Lipinski definition) is 1. The summed E-state index contributed by atoms with van der Waals surface area (Å²) in [5.41, 5.74) is 4.46. The van der Waals surface area contributed by atoms with Crippen molar-refractivity contribution in [2.75, 3.05) is 29.9 Å². The zero-order valence-corrected chi connectivity index (χ0v) is 22.1. The molecule has 34 heavy (non-hydrogen) atoms. The van der Waals surface area contributed by atoms with Gasteiger partial charge in [-0.05, 0) is 83.9 Å². The highest BCUT2D eigenvalue weighted by Crippen LogP contribution is 2.37. The molecule has 1 N–H and O–H groups in total. The first-order valence-corrected chi connectivity index (χ1v) is 13.9. The van der Waals surface area contributed by atoms with Gasteiger partial charge in [0, 0.05) is 41.9 Å². The summed E-state index contributed by atoms with van der Waals surface area (Å²) in [7, 11) is -3.86. The van der Waals surface area contributed by atoms with E-state index in [0.717, 1.165) is 22.4 Å². The fraction of sp³-hybridized carbons (Fsp3) is 0.440. The Labute approximate surface area is 209 Å². The molecule has 0 aliphatic carbocycles. The Morgan fingerprint density at radius 1 is 1.18 bits per heavy atom. The summed E-state index contributed by atoms with van der Waals surface area (Å²) in [6, 6.07) is 9.16. The third-order valence-electron chi connectivity index (χ3n) is 6.87. The van der Waals surface area contributed by atoms with Crippen molar-refractivity contribution < 1.29 is 18.0 Å². The summed E-state index contributed by atoms with van der Waals surface area (Å²) in [6.07, 6.45) is 2.30. The van der Waals surface area contributed by atoms with Crippen LogP contribution in [0.4, 0.5) is 11.4 Å². The number of anilines is 2. The van der Waals surface area contributed by atoms with Gasteiger partial charge in [-0.25, -0.2) is 8.42 Å². The van der Waals surface area contributed by atoms with E-state index >= 15 is 0 Å². The van der Waals surface area contributed by atoms with E-state index in [4.69, 9.17) is 0 Å². The number of halogens is 1. The number of benzene rings is 2. The molecule has 0 bridgehead atoms. The average Bonchev–Trinajstić information content (AvgIpc) is 3.23. The first-order chi connectivity index (χ1) is 16.1. The Morgan fingerprint density at radius 3 is 2.68 bits per heavy atom. The molecule has 2 aromatic rings. The minimum atomic E-state index is -3.86. The first kappa shape index (κ1) is 24.9. The Hall–Kier alpha value is -2.23. The van der Waals surface area contributed by atoms with Crippen molar-refractivity contribution in [3.8, 4) is 0 Å². The van der Waals surface area contributed by atoms with Crippen LogP contribution in [-0.4, -0.2) is 44.2 Å². The molecule has 2 aliphatic rings. The second-order valence-corrected chi connectivity index (χ2v) is 11.8. The zero-order valence-electron chi connectivity index (χ0n) is 19.7. The van der Waals surface area contributed by atoms with Crippen molar-refractivity contribution >= 4 is 49.1 Å². The molecule has 0 unspecified atom stereocenters. The van der Waals surface area contributed by atoms with Crippen molar-refractivity contribution in [2.45, 2.75) is 51.3 Å². The van der Waals surface area contributed by atoms with Gasteiger partial charge in [-0.1, -0.05) is 19.1 Å². The number of aryl methyl sites for hydroxylation is 1. The number of carbonyl (C=O) groups excluding carboxylic acids is 2. The smallest absolute Gasteiger partial charge is 0.244 e. The van der Waals surface area contributed by atoms with Crippen LogP contribution in [-0.2, 0) is 26.0 Å². The van der Waals surface area contributed by atoms with Crippen molar-refractivity contribution in [1.82, 2.24) is 4.31 Å². The maximum absolute atomic E-state index is 13.6. The summed E-state index contributed by atoms with van der Waals surface area (Å²) in [4.78, 5) is 27.2. The number of sulfonamides is 1. The van der Waals surface area contributed by atoms with Gasteiger partial charge in [-0.3, -0.25) is 9.59 Å². The molecule has 2 amide bonds. The second kappa shape index (κ2) is 9.79. The molecule has 9 heteroatoms. The molecule has 1 atom stereocenters. The maximum atomic E-state index is 13.6. The molecule has 0 spiro atoms.